The van der Waals surface area contributed by atoms with Gasteiger partial charge < -0.3 is 0 Å². The van der Waals surface area contributed by atoms with Crippen molar-refractivity contribution in [1.82, 2.24) is 0 Å². The molecule has 0 aromatic carbocycles. The number of carbonyl (C=O) groups excluding carboxylic acids is 1. The summed E-state index contributed by atoms with van der Waals surface area (Å²) in [5, 5.41) is 0. The van der Waals surface area contributed by atoms with Gasteiger partial charge in [-0.15, -0.1) is 0 Å². The van der Waals surface area contributed by atoms with Crippen LogP contribution in [0.5, 0.6) is 0 Å². The summed E-state index contributed by atoms with van der Waals surface area (Å²) in [7, 11) is -3.34. The van der Waals surface area contributed by atoms with Crippen LogP contribution in [-0.2, 0) is 18.4 Å². The fourth-order valence-electron chi connectivity index (χ4n) is 0.709. The summed E-state index contributed by atoms with van der Waals surface area (Å²) in [6.45, 7) is 3.43. The summed E-state index contributed by atoms with van der Waals surface area (Å²) in [5.74, 6) is 0. The Morgan fingerprint density at radius 1 is 1.30 bits per heavy atom. The van der Waals surface area contributed by atoms with Crippen molar-refractivity contribution < 1.29 is 18.4 Å². The third-order valence-electron chi connectivity index (χ3n) is 1.42. The second-order valence-corrected chi connectivity index (χ2v) is 3.98. The van der Waals surface area contributed by atoms with Crippen molar-refractivity contribution in [2.45, 2.75) is 26.1 Å². The summed E-state index contributed by atoms with van der Waals surface area (Å²) in [6.07, 6.45) is -0.507. The molecular formula is C5H9O4P. The lowest BCUT2D eigenvalue weighted by molar-refractivity contribution is 0.187. The SMILES string of the molecule is CC1OP(=O)(C=O)OC1C. The predicted molar refractivity (Wildman–Crippen MR) is 35.5 cm³/mol. The molecule has 1 heterocycles. The minimum Gasteiger partial charge on any atom is -0.298 e. The van der Waals surface area contributed by atoms with Crippen LogP contribution >= 0.6 is 7.60 Å². The zero-order valence-electron chi connectivity index (χ0n) is 5.81. The largest absolute Gasteiger partial charge is 0.394 e. The van der Waals surface area contributed by atoms with Crippen molar-refractivity contribution in [3.05, 3.63) is 0 Å². The molecule has 1 aliphatic rings. The molecule has 58 valence electrons. The van der Waals surface area contributed by atoms with Gasteiger partial charge in [0.25, 0.3) is 0 Å². The Morgan fingerprint density at radius 3 is 1.90 bits per heavy atom. The molecule has 4 nitrogen and oxygen atoms in total. The van der Waals surface area contributed by atoms with Gasteiger partial charge in [-0.05, 0) is 13.8 Å². The summed E-state index contributed by atoms with van der Waals surface area (Å²) in [6, 6.07) is 0.243. The van der Waals surface area contributed by atoms with Gasteiger partial charge in [-0.25, -0.2) is 0 Å². The summed E-state index contributed by atoms with van der Waals surface area (Å²) in [5.41, 5.74) is 0. The normalized spacial score (nSPS) is 47.4. The van der Waals surface area contributed by atoms with Crippen molar-refractivity contribution in [1.29, 1.82) is 0 Å². The number of carbonyl (C=O) groups is 1. The molecule has 0 saturated carbocycles. The second kappa shape index (κ2) is 2.46. The summed E-state index contributed by atoms with van der Waals surface area (Å²) >= 11 is 0. The smallest absolute Gasteiger partial charge is 0.298 e. The highest BCUT2D eigenvalue weighted by Crippen LogP contribution is 2.53. The Morgan fingerprint density at radius 2 is 1.70 bits per heavy atom. The van der Waals surface area contributed by atoms with Crippen LogP contribution < -0.4 is 0 Å². The first-order valence-corrected chi connectivity index (χ1v) is 4.61. The van der Waals surface area contributed by atoms with Gasteiger partial charge in [0.1, 0.15) is 0 Å². The quantitative estimate of drug-likeness (QED) is 0.431. The molecule has 0 N–H and O–H groups in total. The van der Waals surface area contributed by atoms with Crippen LogP contribution in [-0.4, -0.2) is 18.2 Å². The molecule has 0 aromatic rings. The monoisotopic (exact) mass is 164 g/mol. The fraction of sp³-hybridized carbons (Fsp3) is 0.800. The Hall–Kier alpha value is -0.180. The van der Waals surface area contributed by atoms with E-state index in [1.165, 1.54) is 0 Å². The molecule has 0 radical (unpaired) electrons. The summed E-state index contributed by atoms with van der Waals surface area (Å²) < 4.78 is 20.5. The lowest BCUT2D eigenvalue weighted by atomic mass is 10.3. The van der Waals surface area contributed by atoms with Crippen LogP contribution in [0.15, 0.2) is 0 Å². The Labute approximate surface area is 59.0 Å². The van der Waals surface area contributed by atoms with E-state index < -0.39 is 7.60 Å². The molecule has 0 bridgehead atoms. The van der Waals surface area contributed by atoms with Gasteiger partial charge in [0.15, 0.2) is 0 Å². The Kier molecular flexibility index (Phi) is 1.95. The maximum Gasteiger partial charge on any atom is 0.394 e. The van der Waals surface area contributed by atoms with Crippen LogP contribution in [0.2, 0.25) is 0 Å². The first kappa shape index (κ1) is 7.92. The summed E-state index contributed by atoms with van der Waals surface area (Å²) in [4.78, 5) is 10.1. The minimum atomic E-state index is -3.34. The second-order valence-electron chi connectivity index (χ2n) is 2.27. The molecule has 1 aliphatic heterocycles. The maximum atomic E-state index is 11.0. The van der Waals surface area contributed by atoms with E-state index in [1.54, 1.807) is 13.8 Å². The molecule has 2 atom stereocenters. The minimum absolute atomic E-state index is 0.243. The third-order valence-corrected chi connectivity index (χ3v) is 2.93. The first-order valence-electron chi connectivity index (χ1n) is 3.00. The van der Waals surface area contributed by atoms with E-state index in [0.29, 0.717) is 0 Å². The van der Waals surface area contributed by atoms with E-state index in [4.69, 9.17) is 9.05 Å². The van der Waals surface area contributed by atoms with Gasteiger partial charge in [0, 0.05) is 0 Å². The van der Waals surface area contributed by atoms with E-state index in [0.717, 1.165) is 0 Å². The third kappa shape index (κ3) is 1.29. The zero-order chi connectivity index (χ0) is 7.78. The van der Waals surface area contributed by atoms with E-state index in [9.17, 15) is 9.36 Å². The van der Waals surface area contributed by atoms with Crippen molar-refractivity contribution >= 4 is 13.6 Å². The highest BCUT2D eigenvalue weighted by Gasteiger charge is 2.39. The van der Waals surface area contributed by atoms with Crippen LogP contribution in [0, 0.1) is 0 Å². The molecular weight excluding hydrogens is 155 g/mol. The van der Waals surface area contributed by atoms with Crippen molar-refractivity contribution in [3.8, 4) is 0 Å². The number of hydrogen-bond donors (Lipinski definition) is 0. The molecule has 0 aromatic heterocycles. The highest BCUT2D eigenvalue weighted by molar-refractivity contribution is 7.69. The highest BCUT2D eigenvalue weighted by atomic mass is 31.2. The van der Waals surface area contributed by atoms with Gasteiger partial charge in [0.2, 0.25) is 6.03 Å². The molecule has 2 unspecified atom stereocenters. The molecule has 5 heteroatoms. The van der Waals surface area contributed by atoms with Crippen LogP contribution in [0.3, 0.4) is 0 Å². The predicted octanol–water partition coefficient (Wildman–Crippen LogP) is 1.19. The van der Waals surface area contributed by atoms with E-state index in [1.807, 2.05) is 0 Å². The average molecular weight is 164 g/mol. The number of hydrogen-bond acceptors (Lipinski definition) is 4. The van der Waals surface area contributed by atoms with Gasteiger partial charge in [-0.1, -0.05) is 0 Å². The van der Waals surface area contributed by atoms with Gasteiger partial charge in [0.05, 0.1) is 12.2 Å². The van der Waals surface area contributed by atoms with E-state index in [-0.39, 0.29) is 18.2 Å². The lowest BCUT2D eigenvalue weighted by Gasteiger charge is -2.00. The first-order chi connectivity index (χ1) is 4.57. The molecule has 1 saturated heterocycles. The maximum absolute atomic E-state index is 11.0. The Balaban J connectivity index is 2.73. The molecule has 0 amide bonds. The van der Waals surface area contributed by atoms with E-state index >= 15 is 0 Å². The van der Waals surface area contributed by atoms with Gasteiger partial charge in [-0.3, -0.25) is 18.4 Å². The lowest BCUT2D eigenvalue weighted by Crippen LogP contribution is -2.13. The molecule has 0 aliphatic carbocycles. The van der Waals surface area contributed by atoms with Crippen LogP contribution in [0.4, 0.5) is 0 Å². The average Bonchev–Trinajstić information content (AvgIpc) is 2.10. The fourth-order valence-corrected chi connectivity index (χ4v) is 2.13. The van der Waals surface area contributed by atoms with Crippen molar-refractivity contribution in [2.24, 2.45) is 0 Å². The molecule has 1 rings (SSSR count). The van der Waals surface area contributed by atoms with Gasteiger partial charge in [-0.2, -0.15) is 0 Å². The molecule has 1 fully saturated rings. The van der Waals surface area contributed by atoms with E-state index in [2.05, 4.69) is 0 Å². The van der Waals surface area contributed by atoms with Crippen LogP contribution in [0.1, 0.15) is 13.8 Å². The Bertz CT molecular complexity index is 176. The van der Waals surface area contributed by atoms with Gasteiger partial charge >= 0.3 is 7.60 Å². The van der Waals surface area contributed by atoms with Crippen LogP contribution in [0.25, 0.3) is 0 Å². The molecule has 10 heavy (non-hydrogen) atoms. The van der Waals surface area contributed by atoms with Crippen molar-refractivity contribution in [3.63, 3.8) is 0 Å². The number of rotatable bonds is 1. The molecule has 0 spiro atoms. The zero-order valence-corrected chi connectivity index (χ0v) is 6.71. The standard InChI is InChI=1S/C5H9O4P/c1-4-5(2)9-10(7,3-6)8-4/h3-5H,1-2H3. The topological polar surface area (TPSA) is 52.6 Å². The van der Waals surface area contributed by atoms with Crippen molar-refractivity contribution in [2.75, 3.05) is 0 Å².